The molecule has 146 valence electrons. The van der Waals surface area contributed by atoms with Crippen LogP contribution in [0.3, 0.4) is 0 Å². The summed E-state index contributed by atoms with van der Waals surface area (Å²) in [4.78, 5) is 12.9. The van der Waals surface area contributed by atoms with E-state index in [2.05, 4.69) is 17.3 Å². The van der Waals surface area contributed by atoms with E-state index in [1.165, 1.54) is 10.5 Å². The van der Waals surface area contributed by atoms with E-state index in [0.717, 1.165) is 38.0 Å². The van der Waals surface area contributed by atoms with Gasteiger partial charge in [-0.1, -0.05) is 6.92 Å². The number of hydrogen-bond acceptors (Lipinski definition) is 4. The molecule has 2 heterocycles. The van der Waals surface area contributed by atoms with Gasteiger partial charge in [0.2, 0.25) is 15.9 Å². The topological polar surface area (TPSA) is 84.3 Å². The molecule has 3 rings (SSSR count). The number of nitrogens with zero attached hydrogens (tertiary/aromatic N) is 3. The summed E-state index contributed by atoms with van der Waals surface area (Å²) in [5.74, 6) is 0.475. The van der Waals surface area contributed by atoms with Gasteiger partial charge in [-0.25, -0.2) is 8.42 Å². The van der Waals surface area contributed by atoms with Gasteiger partial charge in [0, 0.05) is 26.2 Å². The minimum absolute atomic E-state index is 0.00682. The lowest BCUT2D eigenvalue weighted by Gasteiger charge is -2.33. The number of amides is 1. The highest BCUT2D eigenvalue weighted by Gasteiger charge is 2.35. The molecule has 1 N–H and O–H groups in total. The Morgan fingerprint density at radius 1 is 1.23 bits per heavy atom. The first-order valence-corrected chi connectivity index (χ1v) is 11.0. The van der Waals surface area contributed by atoms with Crippen molar-refractivity contribution in [3.8, 4) is 0 Å². The number of aromatic nitrogens is 2. The Balaban J connectivity index is 1.65. The van der Waals surface area contributed by atoms with Crippen LogP contribution in [-0.2, 0) is 21.9 Å². The van der Waals surface area contributed by atoms with E-state index in [9.17, 15) is 13.2 Å². The van der Waals surface area contributed by atoms with E-state index in [4.69, 9.17) is 0 Å². The fourth-order valence-electron chi connectivity index (χ4n) is 3.97. The second kappa shape index (κ2) is 7.68. The molecule has 7 nitrogen and oxygen atoms in total. The quantitative estimate of drug-likeness (QED) is 0.861. The normalized spacial score (nSPS) is 28.0. The summed E-state index contributed by atoms with van der Waals surface area (Å²) in [6.07, 6.45) is 7.20. The average molecular weight is 383 g/mol. The zero-order chi connectivity index (χ0) is 18.9. The molecule has 1 aromatic rings. The molecule has 8 heteroatoms. The Labute approximate surface area is 156 Å². The van der Waals surface area contributed by atoms with Crippen molar-refractivity contribution in [2.75, 3.05) is 13.1 Å². The van der Waals surface area contributed by atoms with Gasteiger partial charge in [-0.2, -0.15) is 9.40 Å². The van der Waals surface area contributed by atoms with Crippen LogP contribution in [0.2, 0.25) is 0 Å². The molecule has 1 aliphatic carbocycles. The van der Waals surface area contributed by atoms with Crippen molar-refractivity contribution in [3.63, 3.8) is 0 Å². The highest BCUT2D eigenvalue weighted by Crippen LogP contribution is 2.27. The van der Waals surface area contributed by atoms with E-state index in [1.54, 1.807) is 18.7 Å². The third-order valence-corrected chi connectivity index (χ3v) is 7.89. The van der Waals surface area contributed by atoms with Gasteiger partial charge in [-0.3, -0.25) is 9.48 Å². The standard InChI is InChI=1S/C18H30N4O3S/c1-13-6-8-16(9-7-13)20-18(23)15-5-4-10-22(12-15)26(24,25)17-11-19-21(3)14(17)2/h11,13,15-16H,4-10,12H2,1-3H3,(H,20,23). The molecule has 1 amide bonds. The third-order valence-electron chi connectivity index (χ3n) is 5.93. The zero-order valence-electron chi connectivity index (χ0n) is 15.9. The molecule has 1 saturated heterocycles. The number of carbonyl (C=O) groups excluding carboxylic acids is 1. The van der Waals surface area contributed by atoms with Crippen LogP contribution >= 0.6 is 0 Å². The Morgan fingerprint density at radius 2 is 1.92 bits per heavy atom. The van der Waals surface area contributed by atoms with Crippen LogP contribution in [0.1, 0.15) is 51.1 Å². The maximum Gasteiger partial charge on any atom is 0.246 e. The highest BCUT2D eigenvalue weighted by molar-refractivity contribution is 7.89. The van der Waals surface area contributed by atoms with Crippen LogP contribution in [0.5, 0.6) is 0 Å². The Hall–Kier alpha value is -1.41. The Bertz CT molecular complexity index is 750. The highest BCUT2D eigenvalue weighted by atomic mass is 32.2. The molecule has 1 aromatic heterocycles. The van der Waals surface area contributed by atoms with Crippen molar-refractivity contribution >= 4 is 15.9 Å². The predicted molar refractivity (Wildman–Crippen MR) is 99.0 cm³/mol. The smallest absolute Gasteiger partial charge is 0.246 e. The van der Waals surface area contributed by atoms with Gasteiger partial charge in [0.25, 0.3) is 0 Å². The SMILES string of the molecule is Cc1c(S(=O)(=O)N2CCCC(C(=O)NC3CCC(C)CC3)C2)cnn1C. The molecule has 26 heavy (non-hydrogen) atoms. The van der Waals surface area contributed by atoms with Crippen molar-refractivity contribution in [2.24, 2.45) is 18.9 Å². The summed E-state index contributed by atoms with van der Waals surface area (Å²) in [6.45, 7) is 4.72. The summed E-state index contributed by atoms with van der Waals surface area (Å²) in [5, 5.41) is 7.21. The first-order chi connectivity index (χ1) is 12.3. The van der Waals surface area contributed by atoms with Crippen LogP contribution < -0.4 is 5.32 Å². The van der Waals surface area contributed by atoms with Gasteiger partial charge in [-0.15, -0.1) is 0 Å². The molecular weight excluding hydrogens is 352 g/mol. The molecule has 1 unspecified atom stereocenters. The second-order valence-corrected chi connectivity index (χ2v) is 9.79. The van der Waals surface area contributed by atoms with Gasteiger partial charge in [0.05, 0.1) is 17.8 Å². The number of rotatable bonds is 4. The minimum Gasteiger partial charge on any atom is -0.353 e. The van der Waals surface area contributed by atoms with Crippen LogP contribution in [-0.4, -0.2) is 47.5 Å². The monoisotopic (exact) mass is 382 g/mol. The molecule has 1 aliphatic heterocycles. The Kier molecular flexibility index (Phi) is 5.72. The van der Waals surface area contributed by atoms with Crippen LogP contribution in [0.25, 0.3) is 0 Å². The lowest BCUT2D eigenvalue weighted by Crippen LogP contribution is -2.48. The van der Waals surface area contributed by atoms with E-state index in [-0.39, 0.29) is 29.3 Å². The number of carbonyl (C=O) groups is 1. The molecule has 2 aliphatic rings. The molecule has 2 fully saturated rings. The fourth-order valence-corrected chi connectivity index (χ4v) is 5.68. The molecule has 0 bridgehead atoms. The fraction of sp³-hybridized carbons (Fsp3) is 0.778. The number of aryl methyl sites for hydroxylation is 1. The van der Waals surface area contributed by atoms with Gasteiger partial charge >= 0.3 is 0 Å². The van der Waals surface area contributed by atoms with Crippen LogP contribution in [0.4, 0.5) is 0 Å². The van der Waals surface area contributed by atoms with E-state index in [1.807, 2.05) is 0 Å². The average Bonchev–Trinajstić information content (AvgIpc) is 2.97. The molecule has 1 saturated carbocycles. The largest absolute Gasteiger partial charge is 0.353 e. The van der Waals surface area contributed by atoms with E-state index in [0.29, 0.717) is 18.7 Å². The lowest BCUT2D eigenvalue weighted by molar-refractivity contribution is -0.127. The van der Waals surface area contributed by atoms with Crippen LogP contribution in [0.15, 0.2) is 11.1 Å². The van der Waals surface area contributed by atoms with Gasteiger partial charge in [-0.05, 0) is 51.4 Å². The summed E-state index contributed by atoms with van der Waals surface area (Å²) >= 11 is 0. The first kappa shape index (κ1) is 19.4. The molecule has 0 radical (unpaired) electrons. The van der Waals surface area contributed by atoms with Gasteiger partial charge in [0.15, 0.2) is 0 Å². The van der Waals surface area contributed by atoms with E-state index < -0.39 is 10.0 Å². The number of sulfonamides is 1. The van der Waals surface area contributed by atoms with Gasteiger partial charge in [0.1, 0.15) is 4.90 Å². The number of nitrogens with one attached hydrogen (secondary N) is 1. The van der Waals surface area contributed by atoms with Crippen molar-refractivity contribution < 1.29 is 13.2 Å². The van der Waals surface area contributed by atoms with Crippen molar-refractivity contribution in [2.45, 2.75) is 63.3 Å². The molecular formula is C18H30N4O3S. The van der Waals surface area contributed by atoms with Gasteiger partial charge < -0.3 is 5.32 Å². The summed E-state index contributed by atoms with van der Waals surface area (Å²) in [7, 11) is -1.88. The zero-order valence-corrected chi connectivity index (χ0v) is 16.8. The van der Waals surface area contributed by atoms with Crippen molar-refractivity contribution in [3.05, 3.63) is 11.9 Å². The maximum atomic E-state index is 13.0. The summed E-state index contributed by atoms with van der Waals surface area (Å²) < 4.78 is 28.9. The maximum absolute atomic E-state index is 13.0. The third kappa shape index (κ3) is 3.96. The van der Waals surface area contributed by atoms with Crippen LogP contribution in [0, 0.1) is 18.8 Å². The lowest BCUT2D eigenvalue weighted by atomic mass is 9.87. The Morgan fingerprint density at radius 3 is 2.54 bits per heavy atom. The first-order valence-electron chi connectivity index (χ1n) is 9.58. The summed E-state index contributed by atoms with van der Waals surface area (Å²) in [6, 6.07) is 0.242. The van der Waals surface area contributed by atoms with Crippen molar-refractivity contribution in [1.82, 2.24) is 19.4 Å². The minimum atomic E-state index is -3.61. The molecule has 1 atom stereocenters. The molecule has 0 spiro atoms. The predicted octanol–water partition coefficient (Wildman–Crippen LogP) is 1.82. The van der Waals surface area contributed by atoms with Crippen molar-refractivity contribution in [1.29, 1.82) is 0 Å². The van der Waals surface area contributed by atoms with E-state index >= 15 is 0 Å². The molecule has 0 aromatic carbocycles. The number of piperidine rings is 1. The second-order valence-electron chi connectivity index (χ2n) is 7.89. The number of hydrogen-bond donors (Lipinski definition) is 1. The summed E-state index contributed by atoms with van der Waals surface area (Å²) in [5.41, 5.74) is 0.618.